The van der Waals surface area contributed by atoms with Crippen molar-refractivity contribution < 1.29 is 4.74 Å². The molecule has 0 aromatic carbocycles. The van der Waals surface area contributed by atoms with Crippen LogP contribution < -0.4 is 5.32 Å². The molecule has 1 unspecified atom stereocenters. The van der Waals surface area contributed by atoms with Crippen LogP contribution in [-0.2, 0) is 11.2 Å². The second kappa shape index (κ2) is 4.82. The van der Waals surface area contributed by atoms with Crippen molar-refractivity contribution in [2.75, 3.05) is 13.2 Å². The van der Waals surface area contributed by atoms with Crippen molar-refractivity contribution in [1.29, 1.82) is 0 Å². The Morgan fingerprint density at radius 1 is 1.67 bits per heavy atom. The molecule has 1 aromatic rings. The maximum atomic E-state index is 5.42. The second-order valence-corrected chi connectivity index (χ2v) is 3.63. The zero-order valence-electron chi connectivity index (χ0n) is 6.66. The summed E-state index contributed by atoms with van der Waals surface area (Å²) >= 11 is 1.79. The Morgan fingerprint density at radius 2 is 2.58 bits per heavy atom. The van der Waals surface area contributed by atoms with Gasteiger partial charge < -0.3 is 4.74 Å². The van der Waals surface area contributed by atoms with E-state index in [1.807, 2.05) is 0 Å². The summed E-state index contributed by atoms with van der Waals surface area (Å²) in [6.07, 6.45) is 1.27. The Balaban J connectivity index is 0.000000720. The molecule has 2 heterocycles. The highest BCUT2D eigenvalue weighted by Gasteiger charge is 2.14. The van der Waals surface area contributed by atoms with Gasteiger partial charge >= 0.3 is 0 Å². The molecule has 1 saturated heterocycles. The topological polar surface area (TPSA) is 21.3 Å². The SMILES string of the molecule is Cl.c1csc(CC2NCCO2)c1. The Bertz CT molecular complexity index is 209. The van der Waals surface area contributed by atoms with E-state index in [1.165, 1.54) is 4.88 Å². The highest BCUT2D eigenvalue weighted by molar-refractivity contribution is 7.09. The van der Waals surface area contributed by atoms with E-state index in [0.717, 1.165) is 19.6 Å². The highest BCUT2D eigenvalue weighted by atomic mass is 35.5. The third-order valence-electron chi connectivity index (χ3n) is 1.76. The van der Waals surface area contributed by atoms with Gasteiger partial charge in [-0.25, -0.2) is 0 Å². The fraction of sp³-hybridized carbons (Fsp3) is 0.500. The van der Waals surface area contributed by atoms with Gasteiger partial charge in [0.25, 0.3) is 0 Å². The van der Waals surface area contributed by atoms with Gasteiger partial charge in [0.15, 0.2) is 0 Å². The molecule has 0 aliphatic carbocycles. The van der Waals surface area contributed by atoms with Crippen LogP contribution in [0.15, 0.2) is 17.5 Å². The number of hydrogen-bond acceptors (Lipinski definition) is 3. The lowest BCUT2D eigenvalue weighted by Gasteiger charge is -2.06. The first-order chi connectivity index (χ1) is 5.45. The van der Waals surface area contributed by atoms with Gasteiger partial charge in [-0.05, 0) is 11.4 Å². The van der Waals surface area contributed by atoms with Gasteiger partial charge in [-0.2, -0.15) is 0 Å². The smallest absolute Gasteiger partial charge is 0.113 e. The monoisotopic (exact) mass is 205 g/mol. The normalized spacial score (nSPS) is 22.2. The molecule has 1 N–H and O–H groups in total. The molecule has 0 radical (unpaired) electrons. The molecule has 0 saturated carbocycles. The maximum absolute atomic E-state index is 5.42. The average Bonchev–Trinajstić information content (AvgIpc) is 2.60. The molecule has 0 spiro atoms. The van der Waals surface area contributed by atoms with Crippen LogP contribution in [-0.4, -0.2) is 19.4 Å². The molecule has 1 fully saturated rings. The van der Waals surface area contributed by atoms with Gasteiger partial charge in [-0.3, -0.25) is 5.32 Å². The minimum absolute atomic E-state index is 0. The third kappa shape index (κ3) is 2.45. The molecule has 1 aliphatic heterocycles. The fourth-order valence-corrected chi connectivity index (χ4v) is 1.96. The number of hydrogen-bond donors (Lipinski definition) is 1. The predicted molar refractivity (Wildman–Crippen MR) is 53.0 cm³/mol. The number of thiophene rings is 1. The van der Waals surface area contributed by atoms with Gasteiger partial charge in [-0.1, -0.05) is 6.07 Å². The Morgan fingerprint density at radius 3 is 3.17 bits per heavy atom. The van der Waals surface area contributed by atoms with Crippen molar-refractivity contribution in [3.63, 3.8) is 0 Å². The Hall–Kier alpha value is -0.0900. The zero-order valence-corrected chi connectivity index (χ0v) is 8.29. The van der Waals surface area contributed by atoms with Crippen molar-refractivity contribution in [3.05, 3.63) is 22.4 Å². The summed E-state index contributed by atoms with van der Waals surface area (Å²) < 4.78 is 5.42. The van der Waals surface area contributed by atoms with E-state index < -0.39 is 0 Å². The molecule has 1 aliphatic rings. The summed E-state index contributed by atoms with van der Waals surface area (Å²) in [6.45, 7) is 1.85. The lowest BCUT2D eigenvalue weighted by molar-refractivity contribution is 0.102. The highest BCUT2D eigenvalue weighted by Crippen LogP contribution is 2.12. The molecule has 68 valence electrons. The Kier molecular flexibility index (Phi) is 4.01. The van der Waals surface area contributed by atoms with E-state index >= 15 is 0 Å². The summed E-state index contributed by atoms with van der Waals surface area (Å²) in [4.78, 5) is 1.39. The first-order valence-corrected chi connectivity index (χ1v) is 4.70. The zero-order chi connectivity index (χ0) is 7.52. The van der Waals surface area contributed by atoms with Gasteiger partial charge in [0.05, 0.1) is 6.61 Å². The van der Waals surface area contributed by atoms with E-state index in [2.05, 4.69) is 22.8 Å². The van der Waals surface area contributed by atoms with E-state index in [-0.39, 0.29) is 18.6 Å². The molecular formula is C8H12ClNOS. The molecule has 2 rings (SSSR count). The fourth-order valence-electron chi connectivity index (χ4n) is 1.22. The molecule has 1 atom stereocenters. The van der Waals surface area contributed by atoms with Crippen molar-refractivity contribution in [3.8, 4) is 0 Å². The van der Waals surface area contributed by atoms with Crippen LogP contribution in [0.3, 0.4) is 0 Å². The third-order valence-corrected chi connectivity index (χ3v) is 2.66. The van der Waals surface area contributed by atoms with Crippen LogP contribution in [0, 0.1) is 0 Å². The minimum atomic E-state index is 0. The lowest BCUT2D eigenvalue weighted by atomic mass is 10.3. The average molecular weight is 206 g/mol. The molecule has 4 heteroatoms. The molecule has 12 heavy (non-hydrogen) atoms. The van der Waals surface area contributed by atoms with Crippen LogP contribution in [0.2, 0.25) is 0 Å². The van der Waals surface area contributed by atoms with Crippen LogP contribution in [0.25, 0.3) is 0 Å². The second-order valence-electron chi connectivity index (χ2n) is 2.60. The van der Waals surface area contributed by atoms with Crippen LogP contribution in [0.4, 0.5) is 0 Å². The summed E-state index contributed by atoms with van der Waals surface area (Å²) in [7, 11) is 0. The van der Waals surface area contributed by atoms with Crippen molar-refractivity contribution in [2.45, 2.75) is 12.6 Å². The van der Waals surface area contributed by atoms with Crippen molar-refractivity contribution in [1.82, 2.24) is 5.32 Å². The summed E-state index contributed by atoms with van der Waals surface area (Å²) in [5.41, 5.74) is 0. The first kappa shape index (κ1) is 9.99. The van der Waals surface area contributed by atoms with Crippen LogP contribution in [0.5, 0.6) is 0 Å². The predicted octanol–water partition coefficient (Wildman–Crippen LogP) is 1.66. The van der Waals surface area contributed by atoms with E-state index in [0.29, 0.717) is 0 Å². The van der Waals surface area contributed by atoms with Crippen LogP contribution in [0.1, 0.15) is 4.88 Å². The molecule has 1 aromatic heterocycles. The van der Waals surface area contributed by atoms with E-state index in [1.54, 1.807) is 11.3 Å². The number of halogens is 1. The Labute approximate surface area is 82.3 Å². The van der Waals surface area contributed by atoms with Gasteiger partial charge in [0.1, 0.15) is 6.23 Å². The lowest BCUT2D eigenvalue weighted by Crippen LogP contribution is -2.24. The summed E-state index contributed by atoms with van der Waals surface area (Å²) in [5.74, 6) is 0. The largest absolute Gasteiger partial charge is 0.362 e. The summed E-state index contributed by atoms with van der Waals surface area (Å²) in [5, 5.41) is 5.38. The molecular weight excluding hydrogens is 194 g/mol. The molecule has 0 amide bonds. The van der Waals surface area contributed by atoms with Crippen molar-refractivity contribution in [2.24, 2.45) is 0 Å². The maximum Gasteiger partial charge on any atom is 0.113 e. The standard InChI is InChI=1S/C8H11NOS.ClH/c1-2-7(11-5-1)6-8-9-3-4-10-8;/h1-2,5,8-9H,3-4,6H2;1H. The van der Waals surface area contributed by atoms with Gasteiger partial charge in [0, 0.05) is 17.8 Å². The quantitative estimate of drug-likeness (QED) is 0.793. The molecule has 2 nitrogen and oxygen atoms in total. The van der Waals surface area contributed by atoms with Gasteiger partial charge in [0.2, 0.25) is 0 Å². The van der Waals surface area contributed by atoms with Gasteiger partial charge in [-0.15, -0.1) is 23.7 Å². The summed E-state index contributed by atoms with van der Waals surface area (Å²) in [6, 6.07) is 4.23. The van der Waals surface area contributed by atoms with E-state index in [9.17, 15) is 0 Å². The van der Waals surface area contributed by atoms with Crippen molar-refractivity contribution >= 4 is 23.7 Å². The van der Waals surface area contributed by atoms with Crippen LogP contribution >= 0.6 is 23.7 Å². The van der Waals surface area contributed by atoms with E-state index in [4.69, 9.17) is 4.74 Å². The number of nitrogens with one attached hydrogen (secondary N) is 1. The number of ether oxygens (including phenoxy) is 1. The molecule has 0 bridgehead atoms. The minimum Gasteiger partial charge on any atom is -0.362 e. The number of rotatable bonds is 2. The first-order valence-electron chi connectivity index (χ1n) is 3.82.